The minimum atomic E-state index is -1.15. The predicted molar refractivity (Wildman–Crippen MR) is 151 cm³/mol. The average molecular weight is 534 g/mol. The smallest absolute Gasteiger partial charge is 0.295 e. The number of amidine groups is 2. The van der Waals surface area contributed by atoms with Crippen LogP contribution in [0.15, 0.2) is 57.5 Å². The highest BCUT2D eigenvalue weighted by atomic mass is 32.2. The molecule has 2 aromatic rings. The number of aliphatic imine (C=N–C) groups is 2. The number of aromatic nitrogens is 3. The predicted octanol–water partition coefficient (Wildman–Crippen LogP) is 4.29. The second-order valence-electron chi connectivity index (χ2n) is 9.93. The van der Waals surface area contributed by atoms with E-state index >= 15 is 0 Å². The Labute approximate surface area is 227 Å². The van der Waals surface area contributed by atoms with Crippen molar-refractivity contribution in [2.24, 2.45) is 9.98 Å². The van der Waals surface area contributed by atoms with Crippen LogP contribution < -0.4 is 5.32 Å². The fourth-order valence-corrected chi connectivity index (χ4v) is 4.71. The van der Waals surface area contributed by atoms with Crippen LogP contribution in [0.1, 0.15) is 75.4 Å². The van der Waals surface area contributed by atoms with E-state index in [1.165, 1.54) is 0 Å². The highest BCUT2D eigenvalue weighted by molar-refractivity contribution is 7.90. The summed E-state index contributed by atoms with van der Waals surface area (Å²) in [7, 11) is 0. The van der Waals surface area contributed by atoms with Crippen LogP contribution in [0.25, 0.3) is 5.70 Å². The van der Waals surface area contributed by atoms with Crippen LogP contribution in [-0.4, -0.2) is 54.3 Å². The molecule has 1 N–H and O–H groups in total. The average Bonchev–Trinajstić information content (AvgIpc) is 3.73. The maximum atomic E-state index is 13.8. The third kappa shape index (κ3) is 5.86. The van der Waals surface area contributed by atoms with Gasteiger partial charge in [0.1, 0.15) is 18.3 Å². The minimum Gasteiger partial charge on any atom is -0.610 e. The van der Waals surface area contributed by atoms with Crippen LogP contribution in [0.2, 0.25) is 0 Å². The van der Waals surface area contributed by atoms with Crippen LogP contribution >= 0.6 is 0 Å². The zero-order valence-corrected chi connectivity index (χ0v) is 23.7. The molecule has 2 atom stereocenters. The molecule has 1 aliphatic heterocycles. The number of carbonyl (C=O) groups is 1. The normalized spacial score (nSPS) is 18.3. The molecule has 1 aliphatic carbocycles. The van der Waals surface area contributed by atoms with E-state index in [1.807, 2.05) is 40.7 Å². The van der Waals surface area contributed by atoms with E-state index < -0.39 is 11.2 Å². The molecule has 4 rings (SSSR count). The summed E-state index contributed by atoms with van der Waals surface area (Å²) >= 11 is -1.15. The Morgan fingerprint density at radius 2 is 2.03 bits per heavy atom. The number of hydrogen-bond acceptors (Lipinski definition) is 8. The van der Waals surface area contributed by atoms with E-state index in [-0.39, 0.29) is 17.8 Å². The van der Waals surface area contributed by atoms with Gasteiger partial charge in [-0.05, 0) is 64.2 Å². The second kappa shape index (κ2) is 11.6. The van der Waals surface area contributed by atoms with Crippen LogP contribution in [0.3, 0.4) is 0 Å². The molecule has 200 valence electrons. The Hall–Kier alpha value is -3.37. The van der Waals surface area contributed by atoms with Crippen molar-refractivity contribution in [3.8, 4) is 0 Å². The third-order valence-electron chi connectivity index (χ3n) is 6.70. The van der Waals surface area contributed by atoms with Gasteiger partial charge >= 0.3 is 0 Å². The molecule has 1 amide bonds. The van der Waals surface area contributed by atoms with Crippen molar-refractivity contribution in [1.29, 1.82) is 0 Å². The highest BCUT2D eigenvalue weighted by Crippen LogP contribution is 2.42. The van der Waals surface area contributed by atoms with Crippen LogP contribution in [-0.2, 0) is 22.5 Å². The number of aryl methyl sites for hydroxylation is 1. The molecule has 10 heteroatoms. The summed E-state index contributed by atoms with van der Waals surface area (Å²) in [6, 6.07) is 3.45. The number of nitrogens with one attached hydrogen (secondary N) is 1. The van der Waals surface area contributed by atoms with Gasteiger partial charge in [-0.3, -0.25) is 9.69 Å². The summed E-state index contributed by atoms with van der Waals surface area (Å²) in [5, 5.41) is 3.70. The van der Waals surface area contributed by atoms with Gasteiger partial charge in [0.05, 0.1) is 17.1 Å². The van der Waals surface area contributed by atoms with Crippen molar-refractivity contribution in [1.82, 2.24) is 25.2 Å². The van der Waals surface area contributed by atoms with Crippen molar-refractivity contribution in [2.75, 3.05) is 6.26 Å². The van der Waals surface area contributed by atoms with Crippen molar-refractivity contribution < 1.29 is 9.35 Å². The zero-order valence-electron chi connectivity index (χ0n) is 22.9. The molecule has 1 saturated carbocycles. The molecule has 0 saturated heterocycles. The lowest BCUT2D eigenvalue weighted by molar-refractivity contribution is -0.122. The highest BCUT2D eigenvalue weighted by Gasteiger charge is 2.36. The Morgan fingerprint density at radius 3 is 2.61 bits per heavy atom. The summed E-state index contributed by atoms with van der Waals surface area (Å²) in [6.07, 6.45) is 7.77. The van der Waals surface area contributed by atoms with Crippen LogP contribution in [0.5, 0.6) is 0 Å². The van der Waals surface area contributed by atoms with Gasteiger partial charge in [-0.2, -0.15) is 0 Å². The Bertz CT molecular complexity index is 1320. The maximum absolute atomic E-state index is 13.8. The van der Waals surface area contributed by atoms with E-state index in [1.54, 1.807) is 29.7 Å². The molecule has 3 heterocycles. The molecule has 2 aliphatic rings. The van der Waals surface area contributed by atoms with Gasteiger partial charge in [0.15, 0.2) is 11.7 Å². The van der Waals surface area contributed by atoms with Gasteiger partial charge in [-0.1, -0.05) is 13.5 Å². The first-order valence-corrected chi connectivity index (χ1v) is 14.4. The molecule has 0 spiro atoms. The molecular weight excluding hydrogens is 498 g/mol. The van der Waals surface area contributed by atoms with Crippen LogP contribution in [0, 0.1) is 6.92 Å². The number of carbonyl (C=O) groups excluding carboxylic acids is 1. The third-order valence-corrected chi connectivity index (χ3v) is 7.53. The van der Waals surface area contributed by atoms with Gasteiger partial charge in [0.2, 0.25) is 5.03 Å². The molecular formula is C28H35N7O2S. The lowest BCUT2D eigenvalue weighted by Crippen LogP contribution is -2.53. The van der Waals surface area contributed by atoms with Gasteiger partial charge in [-0.25, -0.2) is 24.9 Å². The first-order valence-electron chi connectivity index (χ1n) is 12.8. The lowest BCUT2D eigenvalue weighted by Gasteiger charge is -2.34. The first kappa shape index (κ1) is 27.7. The van der Waals surface area contributed by atoms with Gasteiger partial charge < -0.3 is 9.87 Å². The van der Waals surface area contributed by atoms with E-state index in [0.717, 1.165) is 47.4 Å². The zero-order chi connectivity index (χ0) is 27.6. The number of nitrogens with zero attached hydrogens (tertiary/aromatic N) is 6. The second-order valence-corrected chi connectivity index (χ2v) is 11.3. The number of amides is 1. The number of allylic oxidation sites excluding steroid dienone is 1. The molecule has 1 fully saturated rings. The summed E-state index contributed by atoms with van der Waals surface area (Å²) in [5.74, 6) is 0.881. The Balaban J connectivity index is 1.70. The fourth-order valence-electron chi connectivity index (χ4n) is 4.25. The van der Waals surface area contributed by atoms with Crippen molar-refractivity contribution in [3.05, 3.63) is 65.0 Å². The quantitative estimate of drug-likeness (QED) is 0.506. The van der Waals surface area contributed by atoms with Crippen molar-refractivity contribution in [2.45, 2.75) is 77.4 Å². The summed E-state index contributed by atoms with van der Waals surface area (Å²) < 4.78 is 11.6. The molecule has 9 nitrogen and oxygen atoms in total. The number of hydrogen-bond donors (Lipinski definition) is 1. The standard InChI is InChI=1S/C28H35N7O2S/c1-8-17(4)35-27(33-19(6)23-18(5)31-15-32-25(23)21-10-11-21)24(16(2)3)34-26(28(35)36)30-14-20-9-12-22(29-13-20)38(7)37/h9,12-13,15,17,21H,6,8,10-11,14H2,1-5,7H3,(H,30,34)/b33-27+/t17-,38?/m0/s1. The lowest BCUT2D eigenvalue weighted by atomic mass is 10.1. The molecule has 1 unspecified atom stereocenters. The molecule has 2 aromatic heterocycles. The molecule has 0 bridgehead atoms. The van der Waals surface area contributed by atoms with E-state index in [0.29, 0.717) is 34.7 Å². The molecule has 0 radical (unpaired) electrons. The van der Waals surface area contributed by atoms with E-state index in [4.69, 9.17) is 9.98 Å². The topological polar surface area (TPSA) is 119 Å². The van der Waals surface area contributed by atoms with E-state index in [2.05, 4.69) is 26.8 Å². The van der Waals surface area contributed by atoms with Crippen molar-refractivity contribution in [3.63, 3.8) is 0 Å². The summed E-state index contributed by atoms with van der Waals surface area (Å²) in [6.45, 7) is 14.5. The van der Waals surface area contributed by atoms with Gasteiger partial charge in [0.25, 0.3) is 5.91 Å². The van der Waals surface area contributed by atoms with Crippen molar-refractivity contribution >= 4 is 34.5 Å². The summed E-state index contributed by atoms with van der Waals surface area (Å²) in [4.78, 5) is 38.3. The molecule has 0 aromatic carbocycles. The van der Waals surface area contributed by atoms with E-state index in [9.17, 15) is 9.35 Å². The Kier molecular flexibility index (Phi) is 8.42. The first-order chi connectivity index (χ1) is 18.1. The fraction of sp³-hybridized carbons (Fsp3) is 0.429. The SMILES string of the molecule is C=C(/N=C1\C(=C(C)C)N=C(NCc2ccc([S+](C)[O-])nc2)C(=O)N1[C@@H](C)CC)c1c(C)ncnc1C1CC1. The summed E-state index contributed by atoms with van der Waals surface area (Å²) in [5.41, 5.74) is 5.59. The van der Waals surface area contributed by atoms with Crippen LogP contribution in [0.4, 0.5) is 0 Å². The Morgan fingerprint density at radius 1 is 1.29 bits per heavy atom. The monoisotopic (exact) mass is 533 g/mol. The maximum Gasteiger partial charge on any atom is 0.295 e. The largest absolute Gasteiger partial charge is 0.610 e. The number of pyridine rings is 1. The van der Waals surface area contributed by atoms with Gasteiger partial charge in [0, 0.05) is 47.5 Å². The van der Waals surface area contributed by atoms with Gasteiger partial charge in [-0.15, -0.1) is 0 Å². The molecule has 38 heavy (non-hydrogen) atoms. The minimum absolute atomic E-state index is 0.118. The number of rotatable bonds is 8.